The van der Waals surface area contributed by atoms with Crippen LogP contribution in [0.2, 0.25) is 0 Å². The van der Waals surface area contributed by atoms with E-state index in [0.29, 0.717) is 22.2 Å². The highest BCUT2D eigenvalue weighted by Gasteiger charge is 2.29. The Morgan fingerprint density at radius 3 is 2.60 bits per heavy atom. The summed E-state index contributed by atoms with van der Waals surface area (Å²) in [5, 5.41) is 2.26. The molecule has 2 rings (SSSR count). The molecule has 2 aromatic rings. The van der Waals surface area contributed by atoms with E-state index in [0.717, 1.165) is 5.56 Å². The SMILES string of the molecule is Cc1cc(/C=C/c2csc(N)n2)c(C)n1CC(F)(F)F. The van der Waals surface area contributed by atoms with E-state index >= 15 is 0 Å². The number of nitrogen functional groups attached to an aromatic ring is 1. The molecule has 0 amide bonds. The average molecular weight is 301 g/mol. The third kappa shape index (κ3) is 3.41. The van der Waals surface area contributed by atoms with E-state index in [1.54, 1.807) is 37.4 Å². The molecule has 108 valence electrons. The Bertz CT molecular complexity index is 638. The fourth-order valence-electron chi connectivity index (χ4n) is 1.97. The first-order chi connectivity index (χ1) is 9.26. The number of hydrogen-bond donors (Lipinski definition) is 1. The Kier molecular flexibility index (Phi) is 3.89. The van der Waals surface area contributed by atoms with Gasteiger partial charge in [0.15, 0.2) is 5.13 Å². The molecule has 0 aromatic carbocycles. The van der Waals surface area contributed by atoms with Crippen molar-refractivity contribution < 1.29 is 13.2 Å². The molecule has 0 fully saturated rings. The Balaban J connectivity index is 2.25. The van der Waals surface area contributed by atoms with Crippen molar-refractivity contribution in [3.05, 3.63) is 34.1 Å². The molecule has 2 N–H and O–H groups in total. The van der Waals surface area contributed by atoms with Gasteiger partial charge in [0.05, 0.1) is 5.69 Å². The van der Waals surface area contributed by atoms with Crippen LogP contribution < -0.4 is 5.73 Å². The number of anilines is 1. The van der Waals surface area contributed by atoms with Crippen LogP contribution in [0.4, 0.5) is 18.3 Å². The molecule has 0 aliphatic rings. The molecule has 0 atom stereocenters. The van der Waals surface area contributed by atoms with Crippen molar-refractivity contribution in [2.24, 2.45) is 0 Å². The minimum atomic E-state index is -4.22. The molecular weight excluding hydrogens is 287 g/mol. The summed E-state index contributed by atoms with van der Waals surface area (Å²) in [4.78, 5) is 4.07. The molecule has 2 aromatic heterocycles. The third-order valence-electron chi connectivity index (χ3n) is 2.92. The summed E-state index contributed by atoms with van der Waals surface area (Å²) in [5.41, 5.74) is 8.13. The van der Waals surface area contributed by atoms with E-state index < -0.39 is 12.7 Å². The number of nitrogens with zero attached hydrogens (tertiary/aromatic N) is 2. The Morgan fingerprint density at radius 1 is 1.35 bits per heavy atom. The number of thiazole rings is 1. The Hall–Kier alpha value is -1.76. The van der Waals surface area contributed by atoms with Crippen LogP contribution in [-0.4, -0.2) is 15.7 Å². The number of rotatable bonds is 3. The summed E-state index contributed by atoms with van der Waals surface area (Å²) in [6.45, 7) is 2.37. The van der Waals surface area contributed by atoms with E-state index in [1.165, 1.54) is 15.9 Å². The maximum atomic E-state index is 12.5. The van der Waals surface area contributed by atoms with Crippen LogP contribution in [0.5, 0.6) is 0 Å². The van der Waals surface area contributed by atoms with E-state index in [1.807, 2.05) is 0 Å². The molecule has 0 saturated carbocycles. The lowest BCUT2D eigenvalue weighted by Gasteiger charge is -2.12. The molecule has 0 spiro atoms. The number of aryl methyl sites for hydroxylation is 1. The number of halogens is 3. The second-order valence-corrected chi connectivity index (χ2v) is 5.36. The van der Waals surface area contributed by atoms with Gasteiger partial charge in [-0.3, -0.25) is 0 Å². The Morgan fingerprint density at radius 2 is 2.05 bits per heavy atom. The lowest BCUT2D eigenvalue weighted by Crippen LogP contribution is -2.19. The summed E-state index contributed by atoms with van der Waals surface area (Å²) < 4.78 is 38.8. The zero-order valence-corrected chi connectivity index (χ0v) is 11.8. The molecular formula is C13H14F3N3S. The molecule has 0 aliphatic carbocycles. The molecule has 3 nitrogen and oxygen atoms in total. The summed E-state index contributed by atoms with van der Waals surface area (Å²) in [7, 11) is 0. The number of alkyl halides is 3. The summed E-state index contributed by atoms with van der Waals surface area (Å²) in [5.74, 6) is 0. The van der Waals surface area contributed by atoms with Crippen LogP contribution in [-0.2, 0) is 6.54 Å². The number of nitrogens with two attached hydrogens (primary N) is 1. The van der Waals surface area contributed by atoms with Gasteiger partial charge in [-0.2, -0.15) is 13.2 Å². The Labute approximate surface area is 118 Å². The van der Waals surface area contributed by atoms with Crippen molar-refractivity contribution in [1.82, 2.24) is 9.55 Å². The first kappa shape index (κ1) is 14.6. The maximum Gasteiger partial charge on any atom is 0.406 e. The van der Waals surface area contributed by atoms with E-state index in [9.17, 15) is 13.2 Å². The topological polar surface area (TPSA) is 43.8 Å². The third-order valence-corrected chi connectivity index (χ3v) is 3.62. The quantitative estimate of drug-likeness (QED) is 0.935. The predicted octanol–water partition coefficient (Wildman–Crippen LogP) is 3.88. The minimum Gasteiger partial charge on any atom is -0.375 e. The predicted molar refractivity (Wildman–Crippen MR) is 75.4 cm³/mol. The van der Waals surface area contributed by atoms with Gasteiger partial charge >= 0.3 is 6.18 Å². The minimum absolute atomic E-state index is 0.465. The molecule has 0 bridgehead atoms. The molecule has 0 radical (unpaired) electrons. The normalized spacial score (nSPS) is 12.4. The lowest BCUT2D eigenvalue weighted by atomic mass is 10.2. The fourth-order valence-corrected chi connectivity index (χ4v) is 2.50. The highest BCUT2D eigenvalue weighted by Crippen LogP contribution is 2.24. The highest BCUT2D eigenvalue weighted by atomic mass is 32.1. The van der Waals surface area contributed by atoms with E-state index in [4.69, 9.17) is 5.73 Å². The van der Waals surface area contributed by atoms with Crippen molar-refractivity contribution >= 4 is 28.6 Å². The van der Waals surface area contributed by atoms with Gasteiger partial charge in [0.1, 0.15) is 6.54 Å². The summed E-state index contributed by atoms with van der Waals surface area (Å²) >= 11 is 1.32. The van der Waals surface area contributed by atoms with Crippen molar-refractivity contribution in [2.45, 2.75) is 26.6 Å². The molecule has 0 aliphatic heterocycles. The van der Waals surface area contributed by atoms with Crippen LogP contribution >= 0.6 is 11.3 Å². The first-order valence-corrected chi connectivity index (χ1v) is 6.77. The maximum absolute atomic E-state index is 12.5. The van der Waals surface area contributed by atoms with E-state index in [-0.39, 0.29) is 0 Å². The van der Waals surface area contributed by atoms with Gasteiger partial charge in [-0.1, -0.05) is 6.08 Å². The van der Waals surface area contributed by atoms with Gasteiger partial charge in [0.2, 0.25) is 0 Å². The zero-order chi connectivity index (χ0) is 14.9. The smallest absolute Gasteiger partial charge is 0.375 e. The van der Waals surface area contributed by atoms with Gasteiger partial charge < -0.3 is 10.3 Å². The van der Waals surface area contributed by atoms with Crippen LogP contribution in [0, 0.1) is 13.8 Å². The summed E-state index contributed by atoms with van der Waals surface area (Å²) in [6.07, 6.45) is -0.727. The number of aromatic nitrogens is 2. The van der Waals surface area contributed by atoms with Crippen LogP contribution in [0.25, 0.3) is 12.2 Å². The van der Waals surface area contributed by atoms with Crippen molar-refractivity contribution in [2.75, 3.05) is 5.73 Å². The van der Waals surface area contributed by atoms with Gasteiger partial charge in [0, 0.05) is 16.8 Å². The number of hydrogen-bond acceptors (Lipinski definition) is 3. The molecule has 20 heavy (non-hydrogen) atoms. The van der Waals surface area contributed by atoms with Crippen molar-refractivity contribution in [1.29, 1.82) is 0 Å². The second kappa shape index (κ2) is 5.32. The standard InChI is InChI=1S/C13H14F3N3S/c1-8-5-10(3-4-11-6-20-12(17)18-11)9(2)19(8)7-13(14,15)16/h3-6H,7H2,1-2H3,(H2,17,18)/b4-3+. The van der Waals surface area contributed by atoms with Crippen LogP contribution in [0.1, 0.15) is 22.6 Å². The van der Waals surface area contributed by atoms with Crippen LogP contribution in [0.3, 0.4) is 0 Å². The fraction of sp³-hybridized carbons (Fsp3) is 0.308. The molecule has 0 saturated heterocycles. The van der Waals surface area contributed by atoms with Gasteiger partial charge in [0.25, 0.3) is 0 Å². The molecule has 2 heterocycles. The largest absolute Gasteiger partial charge is 0.406 e. The van der Waals surface area contributed by atoms with Gasteiger partial charge in [-0.15, -0.1) is 11.3 Å². The van der Waals surface area contributed by atoms with Crippen molar-refractivity contribution in [3.63, 3.8) is 0 Å². The molecule has 7 heteroatoms. The van der Waals surface area contributed by atoms with E-state index in [2.05, 4.69) is 4.98 Å². The summed E-state index contributed by atoms with van der Waals surface area (Å²) in [6, 6.07) is 1.73. The van der Waals surface area contributed by atoms with Gasteiger partial charge in [-0.25, -0.2) is 4.98 Å². The second-order valence-electron chi connectivity index (χ2n) is 4.47. The van der Waals surface area contributed by atoms with Crippen LogP contribution in [0.15, 0.2) is 11.4 Å². The lowest BCUT2D eigenvalue weighted by molar-refractivity contribution is -0.141. The zero-order valence-electron chi connectivity index (χ0n) is 11.0. The molecule has 0 unspecified atom stereocenters. The van der Waals surface area contributed by atoms with Crippen molar-refractivity contribution in [3.8, 4) is 0 Å². The highest BCUT2D eigenvalue weighted by molar-refractivity contribution is 7.13. The van der Waals surface area contributed by atoms with Gasteiger partial charge in [-0.05, 0) is 31.6 Å². The first-order valence-electron chi connectivity index (χ1n) is 5.89. The average Bonchev–Trinajstić information content (AvgIpc) is 2.84. The monoisotopic (exact) mass is 301 g/mol.